The Morgan fingerprint density at radius 2 is 2.10 bits per heavy atom. The fourth-order valence-electron chi connectivity index (χ4n) is 2.06. The molecule has 0 unspecified atom stereocenters. The highest BCUT2D eigenvalue weighted by molar-refractivity contribution is 6.01. The van der Waals surface area contributed by atoms with E-state index in [1.165, 1.54) is 22.9 Å². The van der Waals surface area contributed by atoms with Crippen LogP contribution < -0.4 is 0 Å². The summed E-state index contributed by atoms with van der Waals surface area (Å²) in [6.07, 6.45) is 1.60. The summed E-state index contributed by atoms with van der Waals surface area (Å²) in [5.41, 5.74) is 1.20. The van der Waals surface area contributed by atoms with Gasteiger partial charge in [-0.05, 0) is 36.8 Å². The zero-order valence-electron chi connectivity index (χ0n) is 10.5. The first-order chi connectivity index (χ1) is 9.56. The van der Waals surface area contributed by atoms with Gasteiger partial charge in [0.2, 0.25) is 0 Å². The number of fused-ring (bicyclic) bond motifs is 1. The van der Waals surface area contributed by atoms with Crippen molar-refractivity contribution in [3.63, 3.8) is 0 Å². The average molecular weight is 271 g/mol. The molecule has 0 bridgehead atoms. The number of pyridine rings is 1. The Bertz CT molecular complexity index is 826. The Morgan fingerprint density at radius 3 is 2.80 bits per heavy atom. The molecule has 0 spiro atoms. The van der Waals surface area contributed by atoms with Crippen LogP contribution in [0.3, 0.4) is 0 Å². The molecule has 5 nitrogen and oxygen atoms in total. The van der Waals surface area contributed by atoms with E-state index in [1.807, 2.05) is 13.0 Å². The predicted molar refractivity (Wildman–Crippen MR) is 70.5 cm³/mol. The van der Waals surface area contributed by atoms with Gasteiger partial charge in [0.1, 0.15) is 5.82 Å². The molecule has 1 N–H and O–H groups in total. The van der Waals surface area contributed by atoms with Gasteiger partial charge in [-0.3, -0.25) is 0 Å². The lowest BCUT2D eigenvalue weighted by atomic mass is 10.2. The number of nitrogens with zero attached hydrogens (tertiary/aromatic N) is 3. The van der Waals surface area contributed by atoms with Crippen LogP contribution in [0.2, 0.25) is 0 Å². The quantitative estimate of drug-likeness (QED) is 0.777. The summed E-state index contributed by atoms with van der Waals surface area (Å²) >= 11 is 0. The summed E-state index contributed by atoms with van der Waals surface area (Å²) < 4.78 is 14.8. The lowest BCUT2D eigenvalue weighted by molar-refractivity contribution is 0.0692. The first-order valence-electron chi connectivity index (χ1n) is 5.91. The van der Waals surface area contributed by atoms with Crippen LogP contribution >= 0.6 is 0 Å². The Labute approximate surface area is 113 Å². The second-order valence-electron chi connectivity index (χ2n) is 4.42. The third kappa shape index (κ3) is 1.91. The lowest BCUT2D eigenvalue weighted by Crippen LogP contribution is -2.03. The highest BCUT2D eigenvalue weighted by Crippen LogP contribution is 2.22. The molecule has 20 heavy (non-hydrogen) atoms. The number of hydrogen-bond acceptors (Lipinski definition) is 3. The van der Waals surface area contributed by atoms with Gasteiger partial charge in [0.05, 0.1) is 5.52 Å². The molecule has 6 heteroatoms. The topological polar surface area (TPSA) is 68.0 Å². The zero-order valence-corrected chi connectivity index (χ0v) is 10.5. The van der Waals surface area contributed by atoms with Gasteiger partial charge in [0, 0.05) is 17.6 Å². The molecule has 1 aromatic carbocycles. The van der Waals surface area contributed by atoms with Crippen LogP contribution in [-0.2, 0) is 0 Å². The lowest BCUT2D eigenvalue weighted by Gasteiger charge is -2.03. The van der Waals surface area contributed by atoms with Gasteiger partial charge in [0.15, 0.2) is 11.5 Å². The minimum Gasteiger partial charge on any atom is -0.476 e. The van der Waals surface area contributed by atoms with E-state index in [9.17, 15) is 14.3 Å². The number of hydrogen-bond donors (Lipinski definition) is 1. The van der Waals surface area contributed by atoms with E-state index >= 15 is 0 Å². The Hall–Kier alpha value is -2.76. The Morgan fingerprint density at radius 1 is 1.30 bits per heavy atom. The number of carbonyl (C=O) groups is 1. The minimum absolute atomic E-state index is 0.122. The van der Waals surface area contributed by atoms with E-state index < -0.39 is 11.8 Å². The molecular weight excluding hydrogens is 261 g/mol. The van der Waals surface area contributed by atoms with Crippen molar-refractivity contribution < 1.29 is 14.3 Å². The van der Waals surface area contributed by atoms with Gasteiger partial charge in [-0.2, -0.15) is 5.10 Å². The van der Waals surface area contributed by atoms with E-state index in [1.54, 1.807) is 12.3 Å². The molecule has 0 saturated heterocycles. The van der Waals surface area contributed by atoms with Crippen molar-refractivity contribution in [2.75, 3.05) is 0 Å². The van der Waals surface area contributed by atoms with Gasteiger partial charge >= 0.3 is 5.97 Å². The maximum absolute atomic E-state index is 13.4. The molecule has 2 aromatic heterocycles. The van der Waals surface area contributed by atoms with Crippen LogP contribution in [0.15, 0.2) is 36.5 Å². The van der Waals surface area contributed by atoms with Crippen LogP contribution in [0.25, 0.3) is 16.7 Å². The number of carboxylic acids is 1. The van der Waals surface area contributed by atoms with E-state index in [4.69, 9.17) is 0 Å². The standard InChI is InChI=1S/C14H10FN3O2/c1-8-4-5-16-12(6-8)18-11-7-9(15)2-3-10(11)13(17-18)14(19)20/h2-7H,1H3,(H,19,20). The van der Waals surface area contributed by atoms with Crippen LogP contribution in [0.4, 0.5) is 4.39 Å². The number of aromatic carboxylic acids is 1. The van der Waals surface area contributed by atoms with Crippen molar-refractivity contribution in [1.82, 2.24) is 14.8 Å². The normalized spacial score (nSPS) is 10.9. The summed E-state index contributed by atoms with van der Waals surface area (Å²) in [4.78, 5) is 15.4. The second-order valence-corrected chi connectivity index (χ2v) is 4.42. The highest BCUT2D eigenvalue weighted by atomic mass is 19.1. The molecule has 0 aliphatic heterocycles. The number of rotatable bonds is 2. The van der Waals surface area contributed by atoms with Crippen LogP contribution in [0.5, 0.6) is 0 Å². The number of carboxylic acid groups (broad SMARTS) is 1. The Kier molecular flexibility index (Phi) is 2.71. The van der Waals surface area contributed by atoms with E-state index in [-0.39, 0.29) is 5.69 Å². The SMILES string of the molecule is Cc1ccnc(-n2nc(C(=O)O)c3ccc(F)cc32)c1. The summed E-state index contributed by atoms with van der Waals surface area (Å²) in [5, 5.41) is 13.6. The van der Waals surface area contributed by atoms with Crippen molar-refractivity contribution in [2.45, 2.75) is 6.92 Å². The number of benzene rings is 1. The predicted octanol–water partition coefficient (Wildman–Crippen LogP) is 2.57. The number of aromatic nitrogens is 3. The molecule has 0 amide bonds. The summed E-state index contributed by atoms with van der Waals surface area (Å²) in [7, 11) is 0. The second kappa shape index (κ2) is 4.41. The maximum Gasteiger partial charge on any atom is 0.357 e. The Balaban J connectivity index is 2.35. The molecule has 0 saturated carbocycles. The summed E-state index contributed by atoms with van der Waals surface area (Å²) in [6.45, 7) is 1.88. The van der Waals surface area contributed by atoms with E-state index in [2.05, 4.69) is 10.1 Å². The van der Waals surface area contributed by atoms with Crippen LogP contribution in [-0.4, -0.2) is 25.8 Å². The van der Waals surface area contributed by atoms with Crippen molar-refractivity contribution >= 4 is 16.9 Å². The van der Waals surface area contributed by atoms with Gasteiger partial charge < -0.3 is 5.11 Å². The molecule has 3 aromatic rings. The molecule has 0 aliphatic rings. The minimum atomic E-state index is -1.16. The maximum atomic E-state index is 13.4. The fraction of sp³-hybridized carbons (Fsp3) is 0.0714. The largest absolute Gasteiger partial charge is 0.476 e. The van der Waals surface area contributed by atoms with E-state index in [0.717, 1.165) is 5.56 Å². The summed E-state index contributed by atoms with van der Waals surface area (Å²) in [6, 6.07) is 7.44. The number of halogens is 1. The van der Waals surface area contributed by atoms with Crippen molar-refractivity contribution in [2.24, 2.45) is 0 Å². The molecule has 2 heterocycles. The molecule has 3 rings (SSSR count). The van der Waals surface area contributed by atoms with Gasteiger partial charge in [0.25, 0.3) is 0 Å². The van der Waals surface area contributed by atoms with Crippen molar-refractivity contribution in [3.8, 4) is 5.82 Å². The highest BCUT2D eigenvalue weighted by Gasteiger charge is 2.18. The smallest absolute Gasteiger partial charge is 0.357 e. The third-order valence-electron chi connectivity index (χ3n) is 2.96. The van der Waals surface area contributed by atoms with Crippen molar-refractivity contribution in [1.29, 1.82) is 0 Å². The van der Waals surface area contributed by atoms with Crippen LogP contribution in [0.1, 0.15) is 16.1 Å². The first-order valence-corrected chi connectivity index (χ1v) is 5.91. The number of aryl methyl sites for hydroxylation is 1. The molecule has 0 radical (unpaired) electrons. The van der Waals surface area contributed by atoms with Crippen LogP contribution in [0, 0.1) is 12.7 Å². The molecule has 0 aliphatic carbocycles. The fourth-order valence-corrected chi connectivity index (χ4v) is 2.06. The van der Waals surface area contributed by atoms with Gasteiger partial charge in [-0.1, -0.05) is 0 Å². The van der Waals surface area contributed by atoms with Gasteiger partial charge in [-0.25, -0.2) is 18.9 Å². The molecule has 0 atom stereocenters. The molecule has 0 fully saturated rings. The average Bonchev–Trinajstić information content (AvgIpc) is 2.77. The first kappa shape index (κ1) is 12.3. The molecule has 100 valence electrons. The molecular formula is C14H10FN3O2. The van der Waals surface area contributed by atoms with Crippen molar-refractivity contribution in [3.05, 3.63) is 53.6 Å². The van der Waals surface area contributed by atoms with E-state index in [0.29, 0.717) is 16.7 Å². The van der Waals surface area contributed by atoms with Gasteiger partial charge in [-0.15, -0.1) is 0 Å². The third-order valence-corrected chi connectivity index (χ3v) is 2.96. The monoisotopic (exact) mass is 271 g/mol. The zero-order chi connectivity index (χ0) is 14.3. The summed E-state index contributed by atoms with van der Waals surface area (Å²) in [5.74, 6) is -1.16.